The summed E-state index contributed by atoms with van der Waals surface area (Å²) < 4.78 is 0. The van der Waals surface area contributed by atoms with E-state index < -0.39 is 5.91 Å². The second-order valence-corrected chi connectivity index (χ2v) is 2.75. The molecule has 1 saturated heterocycles. The van der Waals surface area contributed by atoms with Gasteiger partial charge in [-0.3, -0.25) is 9.59 Å². The van der Waals surface area contributed by atoms with Crippen molar-refractivity contribution in [2.24, 2.45) is 0 Å². The highest BCUT2D eigenvalue weighted by molar-refractivity contribution is 6.25. The van der Waals surface area contributed by atoms with Crippen LogP contribution in [0.5, 0.6) is 0 Å². The Bertz CT molecular complexity index is 332. The van der Waals surface area contributed by atoms with Crippen molar-refractivity contribution in [3.8, 4) is 0 Å². The fraction of sp³-hybridized carbons (Fsp3) is 0.200. The van der Waals surface area contributed by atoms with Gasteiger partial charge in [-0.15, -0.1) is 0 Å². The fourth-order valence-electron chi connectivity index (χ4n) is 1.06. The van der Waals surface area contributed by atoms with Gasteiger partial charge in [0.25, 0.3) is 5.91 Å². The number of aliphatic hydroxyl groups excluding tert-OH is 1. The summed E-state index contributed by atoms with van der Waals surface area (Å²) in [5.74, 6) is -1.18. The van der Waals surface area contributed by atoms with Gasteiger partial charge < -0.3 is 10.4 Å². The van der Waals surface area contributed by atoms with E-state index in [9.17, 15) is 14.7 Å². The quantitative estimate of drug-likeness (QED) is 0.292. The maximum Gasteiger partial charge on any atom is 0.259 e. The van der Waals surface area contributed by atoms with Crippen LogP contribution in [0.1, 0.15) is 6.92 Å². The largest absolute Gasteiger partial charge is 0.507 e. The van der Waals surface area contributed by atoms with Crippen LogP contribution in [0.25, 0.3) is 0 Å². The molecule has 74 valence electrons. The third-order valence-corrected chi connectivity index (χ3v) is 1.73. The van der Waals surface area contributed by atoms with Crippen LogP contribution in [-0.4, -0.2) is 23.3 Å². The van der Waals surface area contributed by atoms with E-state index in [4.69, 9.17) is 0 Å². The van der Waals surface area contributed by atoms with Gasteiger partial charge in [-0.1, -0.05) is 18.2 Å². The zero-order valence-electron chi connectivity index (χ0n) is 7.78. The van der Waals surface area contributed by atoms with Crippen molar-refractivity contribution in [2.45, 2.75) is 6.92 Å². The lowest BCUT2D eigenvalue weighted by Crippen LogP contribution is -2.14. The number of carbonyl (C=O) groups is 2. The topological polar surface area (TPSA) is 66.4 Å². The predicted molar refractivity (Wildman–Crippen MR) is 51.6 cm³/mol. The van der Waals surface area contributed by atoms with Gasteiger partial charge in [0.15, 0.2) is 5.78 Å². The lowest BCUT2D eigenvalue weighted by Gasteiger charge is -1.93. The Balaban J connectivity index is 2.92. The van der Waals surface area contributed by atoms with Crippen LogP contribution in [-0.2, 0) is 9.59 Å². The number of ketones is 1. The highest BCUT2D eigenvalue weighted by atomic mass is 16.3. The summed E-state index contributed by atoms with van der Waals surface area (Å²) in [6.45, 7) is 1.79. The molecule has 0 atom stereocenters. The van der Waals surface area contributed by atoms with Crippen LogP contribution in [0.4, 0.5) is 0 Å². The van der Waals surface area contributed by atoms with Crippen molar-refractivity contribution < 1.29 is 14.7 Å². The van der Waals surface area contributed by atoms with Gasteiger partial charge in [0.1, 0.15) is 11.3 Å². The average Bonchev–Trinajstić information content (AvgIpc) is 2.46. The molecule has 0 saturated carbocycles. The molecule has 4 nitrogen and oxygen atoms in total. The zero-order valence-corrected chi connectivity index (χ0v) is 7.78. The molecule has 0 aromatic rings. The Morgan fingerprint density at radius 1 is 1.43 bits per heavy atom. The fourth-order valence-corrected chi connectivity index (χ4v) is 1.06. The van der Waals surface area contributed by atoms with Crippen molar-refractivity contribution in [2.75, 3.05) is 6.54 Å². The number of aliphatic hydroxyl groups is 1. The highest BCUT2D eigenvalue weighted by Crippen LogP contribution is 2.09. The molecule has 0 aromatic carbocycles. The van der Waals surface area contributed by atoms with E-state index in [1.165, 1.54) is 6.08 Å². The standard InChI is InChI=1S/C10H11NO3/c1-2-3-4-5-7(12)9-8(13)6-11-10(9)14/h2-5,12H,6H2,1H3,(H,11,14)/b3-2+,5-4+,9-7+. The second-order valence-electron chi connectivity index (χ2n) is 2.75. The number of nitrogens with one attached hydrogen (secondary N) is 1. The van der Waals surface area contributed by atoms with Crippen LogP contribution >= 0.6 is 0 Å². The molecule has 1 amide bonds. The molecule has 0 unspecified atom stereocenters. The molecule has 0 radical (unpaired) electrons. The molecule has 1 fully saturated rings. The smallest absolute Gasteiger partial charge is 0.259 e. The summed E-state index contributed by atoms with van der Waals surface area (Å²) in [7, 11) is 0. The lowest BCUT2D eigenvalue weighted by atomic mass is 10.1. The van der Waals surface area contributed by atoms with E-state index >= 15 is 0 Å². The number of rotatable bonds is 2. The van der Waals surface area contributed by atoms with Gasteiger partial charge in [-0.25, -0.2) is 0 Å². The van der Waals surface area contributed by atoms with Crippen molar-refractivity contribution in [1.29, 1.82) is 0 Å². The molecular weight excluding hydrogens is 182 g/mol. The third kappa shape index (κ3) is 2.10. The van der Waals surface area contributed by atoms with E-state index in [1.54, 1.807) is 18.2 Å². The minimum absolute atomic E-state index is 0.0321. The van der Waals surface area contributed by atoms with Crippen molar-refractivity contribution in [3.63, 3.8) is 0 Å². The zero-order chi connectivity index (χ0) is 10.6. The van der Waals surface area contributed by atoms with Crippen LogP contribution in [0.15, 0.2) is 35.6 Å². The molecule has 1 rings (SSSR count). The second kappa shape index (κ2) is 4.41. The van der Waals surface area contributed by atoms with Gasteiger partial charge in [0, 0.05) is 0 Å². The SMILES string of the molecule is C/C=C/C=C/C(O)=C1/C(=O)CNC1=O. The van der Waals surface area contributed by atoms with Crippen LogP contribution in [0.2, 0.25) is 0 Å². The van der Waals surface area contributed by atoms with E-state index in [1.807, 2.05) is 6.92 Å². The minimum atomic E-state index is -0.516. The minimum Gasteiger partial charge on any atom is -0.507 e. The van der Waals surface area contributed by atoms with Crippen molar-refractivity contribution in [3.05, 3.63) is 35.6 Å². The summed E-state index contributed by atoms with van der Waals surface area (Å²) in [5, 5.41) is 11.7. The first-order valence-corrected chi connectivity index (χ1v) is 4.20. The Labute approximate surface area is 81.6 Å². The van der Waals surface area contributed by atoms with E-state index in [-0.39, 0.29) is 23.7 Å². The number of hydrogen-bond acceptors (Lipinski definition) is 3. The van der Waals surface area contributed by atoms with Gasteiger partial charge >= 0.3 is 0 Å². The Morgan fingerprint density at radius 3 is 2.64 bits per heavy atom. The average molecular weight is 193 g/mol. The van der Waals surface area contributed by atoms with Crippen LogP contribution in [0.3, 0.4) is 0 Å². The maximum atomic E-state index is 11.1. The monoisotopic (exact) mass is 193 g/mol. The lowest BCUT2D eigenvalue weighted by molar-refractivity contribution is -0.117. The Morgan fingerprint density at radius 2 is 2.14 bits per heavy atom. The highest BCUT2D eigenvalue weighted by Gasteiger charge is 2.28. The summed E-state index contributed by atoms with van der Waals surface area (Å²) in [4.78, 5) is 22.2. The molecule has 0 bridgehead atoms. The van der Waals surface area contributed by atoms with Gasteiger partial charge in [0.2, 0.25) is 0 Å². The number of Topliss-reactive ketones (excluding diaryl/α,β-unsaturated/α-hetero) is 1. The molecule has 14 heavy (non-hydrogen) atoms. The molecule has 0 aromatic heterocycles. The number of amides is 1. The van der Waals surface area contributed by atoms with Crippen molar-refractivity contribution >= 4 is 11.7 Å². The van der Waals surface area contributed by atoms with Crippen molar-refractivity contribution in [1.82, 2.24) is 5.32 Å². The summed E-state index contributed by atoms with van der Waals surface area (Å²) in [5.41, 5.74) is -0.161. The van der Waals surface area contributed by atoms with Crippen LogP contribution in [0, 0.1) is 0 Å². The molecular formula is C10H11NO3. The maximum absolute atomic E-state index is 11.1. The molecule has 0 aliphatic carbocycles. The molecule has 1 aliphatic heterocycles. The first kappa shape index (κ1) is 10.2. The first-order chi connectivity index (χ1) is 6.66. The predicted octanol–water partition coefficient (Wildman–Crippen LogP) is 0.630. The molecule has 4 heteroatoms. The molecule has 2 N–H and O–H groups in total. The molecule has 1 heterocycles. The van der Waals surface area contributed by atoms with E-state index in [0.717, 1.165) is 0 Å². The van der Waals surface area contributed by atoms with E-state index in [2.05, 4.69) is 5.32 Å². The first-order valence-electron chi connectivity index (χ1n) is 4.20. The Kier molecular flexibility index (Phi) is 3.23. The van der Waals surface area contributed by atoms with Gasteiger partial charge in [-0.05, 0) is 13.0 Å². The number of hydrogen-bond donors (Lipinski definition) is 2. The van der Waals surface area contributed by atoms with Gasteiger partial charge in [-0.2, -0.15) is 0 Å². The Hall–Kier alpha value is -1.84. The number of allylic oxidation sites excluding steroid dienone is 4. The molecule has 1 aliphatic rings. The van der Waals surface area contributed by atoms with Gasteiger partial charge in [0.05, 0.1) is 6.54 Å². The summed E-state index contributed by atoms with van der Waals surface area (Å²) in [6.07, 6.45) is 6.33. The summed E-state index contributed by atoms with van der Waals surface area (Å²) >= 11 is 0. The van der Waals surface area contributed by atoms with Crippen LogP contribution < -0.4 is 5.32 Å². The normalized spacial score (nSPS) is 20.9. The summed E-state index contributed by atoms with van der Waals surface area (Å²) in [6, 6.07) is 0. The third-order valence-electron chi connectivity index (χ3n) is 1.73. The molecule has 0 spiro atoms. The van der Waals surface area contributed by atoms with E-state index in [0.29, 0.717) is 0 Å². The number of carbonyl (C=O) groups excluding carboxylic acids is 2.